The van der Waals surface area contributed by atoms with E-state index in [4.69, 9.17) is 5.11 Å². The van der Waals surface area contributed by atoms with E-state index in [1.165, 1.54) is 44.1 Å². The first-order valence-electron chi connectivity index (χ1n) is 6.56. The molecule has 17 heavy (non-hydrogen) atoms. The van der Waals surface area contributed by atoms with Crippen molar-refractivity contribution < 1.29 is 9.90 Å². The normalized spacial score (nSPS) is 17.6. The molecule has 0 bridgehead atoms. The summed E-state index contributed by atoms with van der Waals surface area (Å²) in [7, 11) is 0. The lowest BCUT2D eigenvalue weighted by Gasteiger charge is -2.14. The van der Waals surface area contributed by atoms with E-state index in [9.17, 15) is 4.79 Å². The Morgan fingerprint density at radius 1 is 1.06 bits per heavy atom. The minimum absolute atomic E-state index is 0.130. The quantitative estimate of drug-likeness (QED) is 0.806. The van der Waals surface area contributed by atoms with Crippen LogP contribution in [0.2, 0.25) is 0 Å². The molecule has 2 rings (SSSR count). The van der Waals surface area contributed by atoms with Gasteiger partial charge in [0.05, 0.1) is 6.42 Å². The van der Waals surface area contributed by atoms with E-state index in [2.05, 4.69) is 12.1 Å². The Morgan fingerprint density at radius 3 is 2.18 bits per heavy atom. The average molecular weight is 232 g/mol. The number of hydrogen-bond acceptors (Lipinski definition) is 1. The minimum atomic E-state index is -0.757. The fraction of sp³-hybridized carbons (Fsp3) is 0.533. The summed E-state index contributed by atoms with van der Waals surface area (Å²) in [5.74, 6) is -0.0661. The van der Waals surface area contributed by atoms with Crippen LogP contribution in [-0.2, 0) is 11.2 Å². The molecule has 1 fully saturated rings. The van der Waals surface area contributed by atoms with Crippen LogP contribution in [0.4, 0.5) is 0 Å². The fourth-order valence-electron chi connectivity index (χ4n) is 2.69. The summed E-state index contributed by atoms with van der Waals surface area (Å²) < 4.78 is 0. The first-order chi connectivity index (χ1) is 8.25. The molecule has 1 aromatic rings. The number of aliphatic carboxylic acids is 1. The zero-order valence-electron chi connectivity index (χ0n) is 10.2. The summed E-state index contributed by atoms with van der Waals surface area (Å²) in [4.78, 5) is 10.6. The highest BCUT2D eigenvalue weighted by atomic mass is 16.4. The van der Waals surface area contributed by atoms with E-state index in [0.29, 0.717) is 5.92 Å². The third-order valence-electron chi connectivity index (χ3n) is 3.66. The zero-order chi connectivity index (χ0) is 12.1. The molecule has 2 heteroatoms. The van der Waals surface area contributed by atoms with Crippen LogP contribution >= 0.6 is 0 Å². The molecule has 0 heterocycles. The predicted molar refractivity (Wildman–Crippen MR) is 68.2 cm³/mol. The molecule has 1 aliphatic rings. The lowest BCUT2D eigenvalue weighted by molar-refractivity contribution is -0.136. The predicted octanol–water partition coefficient (Wildman–Crippen LogP) is 3.75. The fourth-order valence-corrected chi connectivity index (χ4v) is 2.69. The zero-order valence-corrected chi connectivity index (χ0v) is 10.2. The summed E-state index contributed by atoms with van der Waals surface area (Å²) in [5.41, 5.74) is 2.29. The Kier molecular flexibility index (Phi) is 4.18. The third-order valence-corrected chi connectivity index (χ3v) is 3.66. The van der Waals surface area contributed by atoms with Crippen LogP contribution < -0.4 is 0 Å². The van der Waals surface area contributed by atoms with E-state index < -0.39 is 5.97 Å². The van der Waals surface area contributed by atoms with Crippen molar-refractivity contribution in [3.8, 4) is 0 Å². The molecule has 0 spiro atoms. The first-order valence-corrected chi connectivity index (χ1v) is 6.56. The summed E-state index contributed by atoms with van der Waals surface area (Å²) >= 11 is 0. The SMILES string of the molecule is O=C(O)Cc1ccc(C2CCCCCC2)cc1. The molecule has 1 saturated carbocycles. The highest BCUT2D eigenvalue weighted by molar-refractivity contribution is 5.70. The van der Waals surface area contributed by atoms with Gasteiger partial charge in [-0.15, -0.1) is 0 Å². The van der Waals surface area contributed by atoms with Crippen molar-refractivity contribution in [1.82, 2.24) is 0 Å². The maximum Gasteiger partial charge on any atom is 0.307 e. The third kappa shape index (κ3) is 3.58. The van der Waals surface area contributed by atoms with Gasteiger partial charge in [0.25, 0.3) is 0 Å². The standard InChI is InChI=1S/C15H20O2/c16-15(17)11-12-7-9-14(10-8-12)13-5-3-1-2-4-6-13/h7-10,13H,1-6,11H2,(H,16,17). The maximum absolute atomic E-state index is 10.6. The van der Waals surface area contributed by atoms with E-state index in [1.54, 1.807) is 0 Å². The van der Waals surface area contributed by atoms with Crippen LogP contribution in [0.5, 0.6) is 0 Å². The Labute approximate surface area is 103 Å². The van der Waals surface area contributed by atoms with Gasteiger partial charge in [-0.05, 0) is 29.9 Å². The molecule has 92 valence electrons. The van der Waals surface area contributed by atoms with Crippen molar-refractivity contribution in [1.29, 1.82) is 0 Å². The van der Waals surface area contributed by atoms with E-state index in [1.807, 2.05) is 12.1 Å². The highest BCUT2D eigenvalue weighted by Gasteiger charge is 2.14. The second-order valence-electron chi connectivity index (χ2n) is 5.00. The number of carbonyl (C=O) groups is 1. The Bertz CT molecular complexity index is 359. The van der Waals surface area contributed by atoms with Crippen molar-refractivity contribution in [2.24, 2.45) is 0 Å². The Morgan fingerprint density at radius 2 is 1.65 bits per heavy atom. The minimum Gasteiger partial charge on any atom is -0.481 e. The molecule has 0 aliphatic heterocycles. The van der Waals surface area contributed by atoms with Crippen LogP contribution in [0.15, 0.2) is 24.3 Å². The van der Waals surface area contributed by atoms with Crippen LogP contribution in [0.25, 0.3) is 0 Å². The lowest BCUT2D eigenvalue weighted by Crippen LogP contribution is -2.01. The molecular formula is C15H20O2. The van der Waals surface area contributed by atoms with Crippen LogP contribution in [0.3, 0.4) is 0 Å². The second-order valence-corrected chi connectivity index (χ2v) is 5.00. The molecule has 1 aliphatic carbocycles. The molecule has 0 radical (unpaired) electrons. The van der Waals surface area contributed by atoms with Crippen molar-refractivity contribution in [2.45, 2.75) is 50.9 Å². The average Bonchev–Trinajstić information content (AvgIpc) is 2.58. The molecule has 0 unspecified atom stereocenters. The van der Waals surface area contributed by atoms with Gasteiger partial charge in [0.15, 0.2) is 0 Å². The monoisotopic (exact) mass is 232 g/mol. The van der Waals surface area contributed by atoms with E-state index in [0.717, 1.165) is 5.56 Å². The van der Waals surface area contributed by atoms with Gasteiger partial charge < -0.3 is 5.11 Å². The summed E-state index contributed by atoms with van der Waals surface area (Å²) in [6, 6.07) is 8.17. The van der Waals surface area contributed by atoms with Gasteiger partial charge in [-0.1, -0.05) is 49.9 Å². The molecule has 0 aromatic heterocycles. The summed E-state index contributed by atoms with van der Waals surface area (Å²) in [6.45, 7) is 0. The van der Waals surface area contributed by atoms with Crippen LogP contribution in [-0.4, -0.2) is 11.1 Å². The molecule has 2 nitrogen and oxygen atoms in total. The molecule has 1 aromatic carbocycles. The van der Waals surface area contributed by atoms with Gasteiger partial charge in [-0.2, -0.15) is 0 Å². The summed E-state index contributed by atoms with van der Waals surface area (Å²) in [6.07, 6.45) is 8.12. The molecule has 0 saturated heterocycles. The smallest absolute Gasteiger partial charge is 0.307 e. The molecule has 1 N–H and O–H groups in total. The molecule has 0 atom stereocenters. The highest BCUT2D eigenvalue weighted by Crippen LogP contribution is 2.31. The number of rotatable bonds is 3. The van der Waals surface area contributed by atoms with Gasteiger partial charge in [0.1, 0.15) is 0 Å². The lowest BCUT2D eigenvalue weighted by atomic mass is 9.91. The van der Waals surface area contributed by atoms with Gasteiger partial charge in [-0.25, -0.2) is 0 Å². The van der Waals surface area contributed by atoms with Gasteiger partial charge in [0.2, 0.25) is 0 Å². The number of benzene rings is 1. The Hall–Kier alpha value is -1.31. The largest absolute Gasteiger partial charge is 0.481 e. The number of carboxylic acids is 1. The topological polar surface area (TPSA) is 37.3 Å². The van der Waals surface area contributed by atoms with Crippen molar-refractivity contribution >= 4 is 5.97 Å². The van der Waals surface area contributed by atoms with Crippen molar-refractivity contribution in [2.75, 3.05) is 0 Å². The Balaban J connectivity index is 2.03. The van der Waals surface area contributed by atoms with Crippen LogP contribution in [0.1, 0.15) is 55.6 Å². The number of carboxylic acid groups (broad SMARTS) is 1. The second kappa shape index (κ2) is 5.85. The van der Waals surface area contributed by atoms with E-state index >= 15 is 0 Å². The van der Waals surface area contributed by atoms with Gasteiger partial charge in [-0.3, -0.25) is 4.79 Å². The van der Waals surface area contributed by atoms with Gasteiger partial charge in [0, 0.05) is 0 Å². The van der Waals surface area contributed by atoms with Crippen molar-refractivity contribution in [3.05, 3.63) is 35.4 Å². The number of hydrogen-bond donors (Lipinski definition) is 1. The summed E-state index contributed by atoms with van der Waals surface area (Å²) in [5, 5.41) is 8.72. The van der Waals surface area contributed by atoms with Crippen LogP contribution in [0, 0.1) is 0 Å². The molecular weight excluding hydrogens is 212 g/mol. The van der Waals surface area contributed by atoms with E-state index in [-0.39, 0.29) is 6.42 Å². The molecule has 0 amide bonds. The van der Waals surface area contributed by atoms with Crippen molar-refractivity contribution in [3.63, 3.8) is 0 Å². The van der Waals surface area contributed by atoms with Gasteiger partial charge >= 0.3 is 5.97 Å². The maximum atomic E-state index is 10.6. The first kappa shape index (κ1) is 12.2.